The SMILES string of the molecule is C=CCNCCCCCCCNCC=C. The maximum atomic E-state index is 3.67. The van der Waals surface area contributed by atoms with Crippen LogP contribution >= 0.6 is 0 Å². The molecule has 0 unspecified atom stereocenters. The van der Waals surface area contributed by atoms with Crippen molar-refractivity contribution in [3.8, 4) is 0 Å². The highest BCUT2D eigenvalue weighted by atomic mass is 14.8. The lowest BCUT2D eigenvalue weighted by Crippen LogP contribution is -2.15. The molecule has 15 heavy (non-hydrogen) atoms. The third-order valence-electron chi connectivity index (χ3n) is 2.28. The fourth-order valence-corrected chi connectivity index (χ4v) is 1.44. The van der Waals surface area contributed by atoms with Crippen LogP contribution in [0.1, 0.15) is 32.1 Å². The largest absolute Gasteiger partial charge is 0.313 e. The highest BCUT2D eigenvalue weighted by Crippen LogP contribution is 2.01. The molecule has 0 aliphatic carbocycles. The van der Waals surface area contributed by atoms with E-state index in [1.165, 1.54) is 32.1 Å². The average Bonchev–Trinajstić information content (AvgIpc) is 2.26. The van der Waals surface area contributed by atoms with Gasteiger partial charge in [-0.05, 0) is 25.9 Å². The third-order valence-corrected chi connectivity index (χ3v) is 2.28. The topological polar surface area (TPSA) is 24.1 Å². The summed E-state index contributed by atoms with van der Waals surface area (Å²) in [6.45, 7) is 11.5. The molecule has 0 aromatic carbocycles. The molecule has 0 heterocycles. The van der Waals surface area contributed by atoms with Gasteiger partial charge >= 0.3 is 0 Å². The van der Waals surface area contributed by atoms with Crippen LogP contribution in [0.15, 0.2) is 25.3 Å². The summed E-state index contributed by atoms with van der Waals surface area (Å²) in [4.78, 5) is 0. The van der Waals surface area contributed by atoms with Gasteiger partial charge in [-0.1, -0.05) is 31.4 Å². The van der Waals surface area contributed by atoms with Crippen molar-refractivity contribution in [1.82, 2.24) is 10.6 Å². The Morgan fingerprint density at radius 3 is 1.47 bits per heavy atom. The lowest BCUT2D eigenvalue weighted by molar-refractivity contribution is 0.573. The minimum Gasteiger partial charge on any atom is -0.313 e. The number of unbranched alkanes of at least 4 members (excludes halogenated alkanes) is 4. The average molecular weight is 210 g/mol. The lowest BCUT2D eigenvalue weighted by Gasteiger charge is -2.03. The van der Waals surface area contributed by atoms with Gasteiger partial charge in [0.1, 0.15) is 0 Å². The third kappa shape index (κ3) is 13.4. The number of nitrogens with one attached hydrogen (secondary N) is 2. The summed E-state index contributed by atoms with van der Waals surface area (Å²) in [6, 6.07) is 0. The Hall–Kier alpha value is -0.600. The second kappa shape index (κ2) is 13.4. The molecule has 0 saturated carbocycles. The first-order chi connectivity index (χ1) is 7.41. The summed E-state index contributed by atoms with van der Waals surface area (Å²) >= 11 is 0. The summed E-state index contributed by atoms with van der Waals surface area (Å²) < 4.78 is 0. The van der Waals surface area contributed by atoms with Crippen LogP contribution in [0.2, 0.25) is 0 Å². The molecule has 2 nitrogen and oxygen atoms in total. The summed E-state index contributed by atoms with van der Waals surface area (Å²) in [5.74, 6) is 0. The summed E-state index contributed by atoms with van der Waals surface area (Å²) in [5, 5.41) is 6.62. The summed E-state index contributed by atoms with van der Waals surface area (Å²) in [5.41, 5.74) is 0. The van der Waals surface area contributed by atoms with Crippen molar-refractivity contribution in [2.45, 2.75) is 32.1 Å². The first-order valence-corrected chi connectivity index (χ1v) is 6.05. The van der Waals surface area contributed by atoms with Crippen molar-refractivity contribution < 1.29 is 0 Å². The molecule has 2 N–H and O–H groups in total. The number of rotatable bonds is 12. The van der Waals surface area contributed by atoms with Crippen molar-refractivity contribution in [1.29, 1.82) is 0 Å². The standard InChI is InChI=1S/C13H26N2/c1-3-10-14-12-8-6-5-7-9-13-15-11-4-2/h3-4,14-15H,1-2,5-13H2. The van der Waals surface area contributed by atoms with Crippen LogP contribution in [0.5, 0.6) is 0 Å². The molecule has 0 amide bonds. The van der Waals surface area contributed by atoms with E-state index in [0.29, 0.717) is 0 Å². The fourth-order valence-electron chi connectivity index (χ4n) is 1.44. The van der Waals surface area contributed by atoms with E-state index in [2.05, 4.69) is 23.8 Å². The van der Waals surface area contributed by atoms with Crippen molar-refractivity contribution >= 4 is 0 Å². The Morgan fingerprint density at radius 2 is 1.07 bits per heavy atom. The van der Waals surface area contributed by atoms with E-state index in [0.717, 1.165) is 26.2 Å². The molecule has 0 rings (SSSR count). The first kappa shape index (κ1) is 14.4. The van der Waals surface area contributed by atoms with E-state index in [9.17, 15) is 0 Å². The molecular weight excluding hydrogens is 184 g/mol. The Labute approximate surface area is 94.8 Å². The molecule has 0 radical (unpaired) electrons. The maximum Gasteiger partial charge on any atom is 0.0132 e. The zero-order chi connectivity index (χ0) is 11.2. The van der Waals surface area contributed by atoms with Crippen molar-refractivity contribution in [3.05, 3.63) is 25.3 Å². The predicted molar refractivity (Wildman–Crippen MR) is 69.2 cm³/mol. The van der Waals surface area contributed by atoms with Crippen LogP contribution in [-0.2, 0) is 0 Å². The second-order valence-corrected chi connectivity index (χ2v) is 3.75. The molecule has 0 saturated heterocycles. The van der Waals surface area contributed by atoms with Gasteiger partial charge in [-0.3, -0.25) is 0 Å². The van der Waals surface area contributed by atoms with Crippen LogP contribution in [0.4, 0.5) is 0 Å². The van der Waals surface area contributed by atoms with E-state index in [1.807, 2.05) is 12.2 Å². The zero-order valence-corrected chi connectivity index (χ0v) is 9.93. The van der Waals surface area contributed by atoms with Gasteiger partial charge in [-0.15, -0.1) is 13.2 Å². The van der Waals surface area contributed by atoms with Crippen LogP contribution in [0, 0.1) is 0 Å². The Bertz CT molecular complexity index is 127. The lowest BCUT2D eigenvalue weighted by atomic mass is 10.1. The highest BCUT2D eigenvalue weighted by molar-refractivity contribution is 4.69. The molecular formula is C13H26N2. The molecule has 0 aliphatic rings. The monoisotopic (exact) mass is 210 g/mol. The van der Waals surface area contributed by atoms with Crippen molar-refractivity contribution in [2.75, 3.05) is 26.2 Å². The molecule has 0 bridgehead atoms. The van der Waals surface area contributed by atoms with Gasteiger partial charge in [-0.25, -0.2) is 0 Å². The predicted octanol–water partition coefficient (Wildman–Crippen LogP) is 2.49. The quantitative estimate of drug-likeness (QED) is 0.382. The van der Waals surface area contributed by atoms with Crippen molar-refractivity contribution in [2.24, 2.45) is 0 Å². The molecule has 0 spiro atoms. The van der Waals surface area contributed by atoms with Crippen LogP contribution in [0.3, 0.4) is 0 Å². The zero-order valence-electron chi connectivity index (χ0n) is 9.93. The fraction of sp³-hybridized carbons (Fsp3) is 0.692. The van der Waals surface area contributed by atoms with E-state index in [-0.39, 0.29) is 0 Å². The molecule has 0 aliphatic heterocycles. The van der Waals surface area contributed by atoms with Gasteiger partial charge in [-0.2, -0.15) is 0 Å². The van der Waals surface area contributed by atoms with Crippen LogP contribution in [0.25, 0.3) is 0 Å². The Balaban J connectivity index is 2.86. The van der Waals surface area contributed by atoms with Crippen LogP contribution < -0.4 is 10.6 Å². The van der Waals surface area contributed by atoms with Gasteiger partial charge in [0.15, 0.2) is 0 Å². The summed E-state index contributed by atoms with van der Waals surface area (Å²) in [7, 11) is 0. The first-order valence-electron chi connectivity index (χ1n) is 6.05. The van der Waals surface area contributed by atoms with E-state index in [1.54, 1.807) is 0 Å². The number of hydrogen-bond acceptors (Lipinski definition) is 2. The van der Waals surface area contributed by atoms with Gasteiger partial charge in [0.25, 0.3) is 0 Å². The Morgan fingerprint density at radius 1 is 0.667 bits per heavy atom. The van der Waals surface area contributed by atoms with Crippen LogP contribution in [-0.4, -0.2) is 26.2 Å². The van der Waals surface area contributed by atoms with E-state index >= 15 is 0 Å². The van der Waals surface area contributed by atoms with Gasteiger partial charge in [0, 0.05) is 13.1 Å². The Kier molecular flexibility index (Phi) is 12.9. The minimum atomic E-state index is 0.936. The number of hydrogen-bond donors (Lipinski definition) is 2. The molecule has 88 valence electrons. The summed E-state index contributed by atoms with van der Waals surface area (Å²) in [6.07, 6.45) is 10.4. The van der Waals surface area contributed by atoms with Crippen molar-refractivity contribution in [3.63, 3.8) is 0 Å². The smallest absolute Gasteiger partial charge is 0.0132 e. The highest BCUT2D eigenvalue weighted by Gasteiger charge is 1.90. The minimum absolute atomic E-state index is 0.936. The maximum absolute atomic E-state index is 3.67. The molecule has 0 atom stereocenters. The van der Waals surface area contributed by atoms with Gasteiger partial charge in [0.05, 0.1) is 0 Å². The van der Waals surface area contributed by atoms with Gasteiger partial charge in [0.2, 0.25) is 0 Å². The molecule has 0 fully saturated rings. The normalized spacial score (nSPS) is 10.1. The van der Waals surface area contributed by atoms with Gasteiger partial charge < -0.3 is 10.6 Å². The second-order valence-electron chi connectivity index (χ2n) is 3.75. The van der Waals surface area contributed by atoms with E-state index < -0.39 is 0 Å². The molecule has 0 aromatic heterocycles. The molecule has 2 heteroatoms. The van der Waals surface area contributed by atoms with E-state index in [4.69, 9.17) is 0 Å². The molecule has 0 aromatic rings.